The summed E-state index contributed by atoms with van der Waals surface area (Å²) in [6.45, 7) is 3.13. The largest absolute Gasteiger partial charge is 0.391 e. The van der Waals surface area contributed by atoms with E-state index >= 15 is 0 Å². The highest BCUT2D eigenvalue weighted by Gasteiger charge is 2.25. The molecule has 7 nitrogen and oxygen atoms in total. The lowest BCUT2D eigenvalue weighted by Gasteiger charge is -2.23. The first-order chi connectivity index (χ1) is 13.2. The average Bonchev–Trinajstić information content (AvgIpc) is 2.67. The quantitative estimate of drug-likeness (QED) is 0.507. The molecule has 146 valence electrons. The fourth-order valence-corrected chi connectivity index (χ4v) is 2.84. The van der Waals surface area contributed by atoms with Crippen molar-refractivity contribution in [3.05, 3.63) is 62.6 Å². The van der Waals surface area contributed by atoms with Gasteiger partial charge in [-0.15, -0.1) is 0 Å². The first-order valence-electron chi connectivity index (χ1n) is 8.24. The van der Waals surface area contributed by atoms with Gasteiger partial charge in [-0.1, -0.05) is 27.5 Å². The Morgan fingerprint density at radius 2 is 1.82 bits per heavy atom. The smallest absolute Gasteiger partial charge is 0.269 e. The van der Waals surface area contributed by atoms with Crippen molar-refractivity contribution < 1.29 is 14.7 Å². The van der Waals surface area contributed by atoms with Crippen molar-refractivity contribution in [2.45, 2.75) is 26.0 Å². The van der Waals surface area contributed by atoms with Crippen LogP contribution in [0.4, 0.5) is 5.69 Å². The molecule has 2 aromatic rings. The fraction of sp³-hybridized carbons (Fsp3) is 0.211. The highest BCUT2D eigenvalue weighted by atomic mass is 79.9. The SMILES string of the molecule is Cc1c(NC(C(=O)NNC(=O)c2ccc(Br)cc2)C(C)O)ccc(C#N)c1Cl. The Morgan fingerprint density at radius 1 is 1.18 bits per heavy atom. The Balaban J connectivity index is 2.08. The lowest BCUT2D eigenvalue weighted by atomic mass is 10.1. The predicted molar refractivity (Wildman–Crippen MR) is 110 cm³/mol. The third-order valence-electron chi connectivity index (χ3n) is 3.99. The van der Waals surface area contributed by atoms with Gasteiger partial charge in [0.05, 0.1) is 16.7 Å². The van der Waals surface area contributed by atoms with Crippen molar-refractivity contribution in [3.8, 4) is 6.07 Å². The summed E-state index contributed by atoms with van der Waals surface area (Å²) >= 11 is 9.42. The van der Waals surface area contributed by atoms with Crippen molar-refractivity contribution in [1.29, 1.82) is 5.26 Å². The lowest BCUT2D eigenvalue weighted by molar-refractivity contribution is -0.124. The molecule has 9 heteroatoms. The summed E-state index contributed by atoms with van der Waals surface area (Å²) in [5, 5.41) is 22.2. The van der Waals surface area contributed by atoms with E-state index in [1.54, 1.807) is 37.3 Å². The standard InChI is InChI=1S/C19H18BrClN4O3/c1-10-15(8-5-13(9-22)16(10)21)23-17(11(2)26)19(28)25-24-18(27)12-3-6-14(20)7-4-12/h3-8,11,17,23,26H,1-2H3,(H,24,27)(H,25,28). The van der Waals surface area contributed by atoms with Crippen molar-refractivity contribution in [2.24, 2.45) is 0 Å². The second-order valence-electron chi connectivity index (χ2n) is 6.02. The number of nitrogens with one attached hydrogen (secondary N) is 3. The van der Waals surface area contributed by atoms with E-state index in [1.807, 2.05) is 6.07 Å². The number of hydrogen-bond acceptors (Lipinski definition) is 5. The second-order valence-corrected chi connectivity index (χ2v) is 7.32. The fourth-order valence-electron chi connectivity index (χ4n) is 2.37. The summed E-state index contributed by atoms with van der Waals surface area (Å²) < 4.78 is 0.822. The van der Waals surface area contributed by atoms with Gasteiger partial charge < -0.3 is 10.4 Å². The molecule has 28 heavy (non-hydrogen) atoms. The Labute approximate surface area is 175 Å². The Bertz CT molecular complexity index is 926. The van der Waals surface area contributed by atoms with Crippen LogP contribution in [0.5, 0.6) is 0 Å². The molecule has 0 aliphatic heterocycles. The molecule has 2 amide bonds. The molecule has 0 fully saturated rings. The summed E-state index contributed by atoms with van der Waals surface area (Å²) in [5.74, 6) is -1.14. The molecule has 0 saturated heterocycles. The minimum absolute atomic E-state index is 0.265. The zero-order chi connectivity index (χ0) is 20.8. The van der Waals surface area contributed by atoms with Crippen LogP contribution < -0.4 is 16.2 Å². The highest BCUT2D eigenvalue weighted by molar-refractivity contribution is 9.10. The molecule has 0 saturated carbocycles. The van der Waals surface area contributed by atoms with Crippen LogP contribution in [-0.2, 0) is 4.79 Å². The average molecular weight is 466 g/mol. The van der Waals surface area contributed by atoms with E-state index in [1.165, 1.54) is 13.0 Å². The van der Waals surface area contributed by atoms with Gasteiger partial charge in [0.25, 0.3) is 11.8 Å². The summed E-state index contributed by atoms with van der Waals surface area (Å²) in [7, 11) is 0. The van der Waals surface area contributed by atoms with Gasteiger partial charge in [0.2, 0.25) is 0 Å². The molecule has 0 heterocycles. The number of nitriles is 1. The van der Waals surface area contributed by atoms with Gasteiger partial charge in [0.15, 0.2) is 0 Å². The molecule has 2 aromatic carbocycles. The molecular weight excluding hydrogens is 448 g/mol. The number of hydrazine groups is 1. The van der Waals surface area contributed by atoms with Gasteiger partial charge in [-0.2, -0.15) is 5.26 Å². The third-order valence-corrected chi connectivity index (χ3v) is 5.00. The number of halogens is 2. The molecule has 0 bridgehead atoms. The van der Waals surface area contributed by atoms with Crippen molar-refractivity contribution in [1.82, 2.24) is 10.9 Å². The molecule has 2 atom stereocenters. The number of nitrogens with zero attached hydrogens (tertiary/aromatic N) is 1. The topological polar surface area (TPSA) is 114 Å². The van der Waals surface area contributed by atoms with Gasteiger partial charge in [-0.05, 0) is 55.8 Å². The molecule has 2 rings (SSSR count). The van der Waals surface area contributed by atoms with Gasteiger partial charge in [-0.25, -0.2) is 0 Å². The molecule has 0 aliphatic carbocycles. The van der Waals surface area contributed by atoms with Crippen LogP contribution in [0.1, 0.15) is 28.4 Å². The summed E-state index contributed by atoms with van der Waals surface area (Å²) in [6.07, 6.45) is -1.07. The van der Waals surface area contributed by atoms with Crippen LogP contribution in [0.3, 0.4) is 0 Å². The van der Waals surface area contributed by atoms with Crippen LogP contribution in [-0.4, -0.2) is 29.1 Å². The van der Waals surface area contributed by atoms with Crippen LogP contribution in [0.2, 0.25) is 5.02 Å². The van der Waals surface area contributed by atoms with E-state index in [0.717, 1.165) is 4.47 Å². The Morgan fingerprint density at radius 3 is 2.39 bits per heavy atom. The molecule has 2 unspecified atom stereocenters. The number of carbonyl (C=O) groups is 2. The molecule has 0 radical (unpaired) electrons. The van der Waals surface area contributed by atoms with E-state index in [-0.39, 0.29) is 5.02 Å². The van der Waals surface area contributed by atoms with Crippen molar-refractivity contribution in [3.63, 3.8) is 0 Å². The minimum Gasteiger partial charge on any atom is -0.391 e. The number of aliphatic hydroxyl groups excluding tert-OH is 1. The van der Waals surface area contributed by atoms with Crippen LogP contribution in [0.15, 0.2) is 40.9 Å². The van der Waals surface area contributed by atoms with E-state index in [2.05, 4.69) is 32.1 Å². The monoisotopic (exact) mass is 464 g/mol. The van der Waals surface area contributed by atoms with E-state index in [0.29, 0.717) is 22.4 Å². The summed E-state index contributed by atoms with van der Waals surface area (Å²) in [6, 6.07) is 10.6. The Hall–Kier alpha value is -2.60. The van der Waals surface area contributed by atoms with Crippen molar-refractivity contribution >= 4 is 45.0 Å². The first kappa shape index (κ1) is 21.7. The molecule has 4 N–H and O–H groups in total. The van der Waals surface area contributed by atoms with Crippen LogP contribution >= 0.6 is 27.5 Å². The second kappa shape index (κ2) is 9.55. The third kappa shape index (κ3) is 5.23. The first-order valence-corrected chi connectivity index (χ1v) is 9.41. The number of anilines is 1. The maximum Gasteiger partial charge on any atom is 0.269 e. The number of amides is 2. The predicted octanol–water partition coefficient (Wildman–Crippen LogP) is 2.91. The highest BCUT2D eigenvalue weighted by Crippen LogP contribution is 2.27. The van der Waals surface area contributed by atoms with E-state index in [4.69, 9.17) is 16.9 Å². The van der Waals surface area contributed by atoms with E-state index < -0.39 is 24.0 Å². The van der Waals surface area contributed by atoms with Gasteiger partial charge in [0.1, 0.15) is 12.1 Å². The lowest BCUT2D eigenvalue weighted by Crippen LogP contribution is -2.52. The van der Waals surface area contributed by atoms with E-state index in [9.17, 15) is 14.7 Å². The van der Waals surface area contributed by atoms with Gasteiger partial charge in [-0.3, -0.25) is 20.4 Å². The number of rotatable bonds is 5. The maximum atomic E-state index is 12.5. The van der Waals surface area contributed by atoms with Gasteiger partial charge in [0, 0.05) is 15.7 Å². The molecular formula is C19H18BrClN4O3. The zero-order valence-electron chi connectivity index (χ0n) is 15.1. The maximum absolute atomic E-state index is 12.5. The summed E-state index contributed by atoms with van der Waals surface area (Å²) in [5.41, 5.74) is 6.33. The molecule has 0 spiro atoms. The van der Waals surface area contributed by atoms with Crippen LogP contribution in [0, 0.1) is 18.3 Å². The van der Waals surface area contributed by atoms with Crippen LogP contribution in [0.25, 0.3) is 0 Å². The number of carbonyl (C=O) groups excluding carboxylic acids is 2. The van der Waals surface area contributed by atoms with Crippen molar-refractivity contribution in [2.75, 3.05) is 5.32 Å². The molecule has 0 aromatic heterocycles. The Kier molecular flexibility index (Phi) is 7.40. The normalized spacial score (nSPS) is 12.4. The number of aliphatic hydroxyl groups is 1. The number of benzene rings is 2. The number of hydrogen-bond donors (Lipinski definition) is 4. The molecule has 0 aliphatic rings. The summed E-state index contributed by atoms with van der Waals surface area (Å²) in [4.78, 5) is 24.6. The van der Waals surface area contributed by atoms with Gasteiger partial charge >= 0.3 is 0 Å². The zero-order valence-corrected chi connectivity index (χ0v) is 17.4. The minimum atomic E-state index is -1.07.